The normalized spacial score (nSPS) is 15.3. The molecule has 0 saturated carbocycles. The van der Waals surface area contributed by atoms with Crippen LogP contribution < -0.4 is 0 Å². The summed E-state index contributed by atoms with van der Waals surface area (Å²) in [5.41, 5.74) is 1.60. The van der Waals surface area contributed by atoms with Crippen molar-refractivity contribution in [3.8, 4) is 0 Å². The molecule has 1 nitrogen and oxygen atoms in total. The zero-order chi connectivity index (χ0) is 17.7. The maximum atomic E-state index is 13.2. The van der Waals surface area contributed by atoms with Gasteiger partial charge < -0.3 is 0 Å². The van der Waals surface area contributed by atoms with Crippen LogP contribution in [-0.4, -0.2) is 17.8 Å². The molecule has 0 bridgehead atoms. The van der Waals surface area contributed by atoms with Crippen LogP contribution in [0.5, 0.6) is 0 Å². The summed E-state index contributed by atoms with van der Waals surface area (Å²) in [4.78, 5) is 13.2. The van der Waals surface area contributed by atoms with Crippen molar-refractivity contribution in [3.05, 3.63) is 35.9 Å². The van der Waals surface area contributed by atoms with Gasteiger partial charge in [0.15, 0.2) is 0 Å². The molecule has 1 rings (SSSR count). The van der Waals surface area contributed by atoms with Crippen molar-refractivity contribution in [1.82, 2.24) is 0 Å². The van der Waals surface area contributed by atoms with Crippen LogP contribution in [0, 0.1) is 0 Å². The van der Waals surface area contributed by atoms with E-state index in [9.17, 15) is 4.79 Å². The molecule has 0 aliphatic rings. The minimum Gasteiger partial charge on any atom is -0.299 e. The third-order valence-electron chi connectivity index (χ3n) is 5.56. The molecule has 0 aliphatic carbocycles. The van der Waals surface area contributed by atoms with E-state index < -0.39 is 8.07 Å². The van der Waals surface area contributed by atoms with E-state index in [1.165, 1.54) is 5.56 Å². The molecule has 23 heavy (non-hydrogen) atoms. The first-order chi connectivity index (χ1) is 10.6. The van der Waals surface area contributed by atoms with Gasteiger partial charge in [0, 0.05) is 5.54 Å². The van der Waals surface area contributed by atoms with E-state index in [1.807, 2.05) is 0 Å². The van der Waals surface area contributed by atoms with E-state index in [-0.39, 0.29) is 14.5 Å². The van der Waals surface area contributed by atoms with Crippen LogP contribution in [0.15, 0.2) is 30.3 Å². The van der Waals surface area contributed by atoms with Gasteiger partial charge in [-0.15, -0.1) is 0 Å². The quantitative estimate of drug-likeness (QED) is 0.249. The standard InChI is InChI=1S/C20H33IOSi/c1-7-11-17(21)19(22)18(23(5,6)20(2,3)4)15-14-16-12-9-8-10-13-16/h8-10,12-13,17-18H,7,11,14-15H2,1-6H3/t17-,18-/m0/s1. The van der Waals surface area contributed by atoms with Crippen LogP contribution in [-0.2, 0) is 11.2 Å². The first-order valence-electron chi connectivity index (χ1n) is 8.83. The van der Waals surface area contributed by atoms with Gasteiger partial charge in [0.25, 0.3) is 0 Å². The lowest BCUT2D eigenvalue weighted by Crippen LogP contribution is -2.47. The molecule has 0 amide bonds. The SMILES string of the molecule is CCC[C@H](I)C(=O)[C@H](CCc1ccccc1)[Si](C)(C)C(C)(C)C. The molecule has 0 unspecified atom stereocenters. The van der Waals surface area contributed by atoms with Crippen LogP contribution in [0.25, 0.3) is 0 Å². The summed E-state index contributed by atoms with van der Waals surface area (Å²) < 4.78 is 0.174. The molecule has 130 valence electrons. The lowest BCUT2D eigenvalue weighted by Gasteiger charge is -2.43. The van der Waals surface area contributed by atoms with Gasteiger partial charge in [0.2, 0.25) is 0 Å². The van der Waals surface area contributed by atoms with E-state index in [0.717, 1.165) is 25.7 Å². The summed E-state index contributed by atoms with van der Waals surface area (Å²) in [6, 6.07) is 10.6. The Morgan fingerprint density at radius 3 is 2.17 bits per heavy atom. The monoisotopic (exact) mass is 444 g/mol. The molecule has 3 heteroatoms. The molecule has 0 aliphatic heterocycles. The number of carbonyl (C=O) groups is 1. The van der Waals surface area contributed by atoms with Crippen LogP contribution in [0.4, 0.5) is 0 Å². The first kappa shape index (κ1) is 20.9. The zero-order valence-electron chi connectivity index (χ0n) is 15.7. The van der Waals surface area contributed by atoms with E-state index in [1.54, 1.807) is 0 Å². The van der Waals surface area contributed by atoms with Gasteiger partial charge in [0.1, 0.15) is 5.78 Å². The number of ketones is 1. The topological polar surface area (TPSA) is 17.1 Å². The number of benzene rings is 1. The van der Waals surface area contributed by atoms with Gasteiger partial charge in [-0.1, -0.05) is 100 Å². The number of alkyl halides is 1. The maximum absolute atomic E-state index is 13.2. The Bertz CT molecular complexity index is 490. The number of hydrogen-bond acceptors (Lipinski definition) is 1. The van der Waals surface area contributed by atoms with Crippen molar-refractivity contribution >= 4 is 36.4 Å². The molecular formula is C20H33IOSi. The van der Waals surface area contributed by atoms with Crippen LogP contribution >= 0.6 is 22.6 Å². The number of hydrogen-bond donors (Lipinski definition) is 0. The Kier molecular flexibility index (Phi) is 7.98. The number of rotatable bonds is 8. The average molecular weight is 444 g/mol. The van der Waals surface area contributed by atoms with E-state index in [0.29, 0.717) is 5.78 Å². The van der Waals surface area contributed by atoms with E-state index in [2.05, 4.69) is 93.7 Å². The fraction of sp³-hybridized carbons (Fsp3) is 0.650. The number of aryl methyl sites for hydroxylation is 1. The molecule has 2 atom stereocenters. The van der Waals surface area contributed by atoms with Gasteiger partial charge in [-0.05, 0) is 29.9 Å². The summed E-state index contributed by atoms with van der Waals surface area (Å²) in [7, 11) is -1.70. The molecule has 0 spiro atoms. The number of Topliss-reactive ketones (excluding diaryl/α,β-unsaturated/α-hetero) is 1. The summed E-state index contributed by atoms with van der Waals surface area (Å²) >= 11 is 2.38. The van der Waals surface area contributed by atoms with Crippen molar-refractivity contribution < 1.29 is 4.79 Å². The third kappa shape index (κ3) is 5.70. The highest BCUT2D eigenvalue weighted by molar-refractivity contribution is 14.1. The van der Waals surface area contributed by atoms with E-state index >= 15 is 0 Å². The van der Waals surface area contributed by atoms with Gasteiger partial charge in [0.05, 0.1) is 12.0 Å². The minimum absolute atomic E-state index is 0.174. The Balaban J connectivity index is 2.99. The summed E-state index contributed by atoms with van der Waals surface area (Å²) in [5.74, 6) is 0.509. The lowest BCUT2D eigenvalue weighted by molar-refractivity contribution is -0.118. The number of carbonyl (C=O) groups excluding carboxylic acids is 1. The van der Waals surface area contributed by atoms with Crippen molar-refractivity contribution in [2.24, 2.45) is 0 Å². The van der Waals surface area contributed by atoms with Crippen molar-refractivity contribution in [3.63, 3.8) is 0 Å². The minimum atomic E-state index is -1.70. The molecule has 0 aromatic heterocycles. The Labute approximate surface area is 157 Å². The third-order valence-corrected chi connectivity index (χ3v) is 13.0. The average Bonchev–Trinajstić information content (AvgIpc) is 2.47. The second-order valence-electron chi connectivity index (χ2n) is 8.21. The molecule has 0 saturated heterocycles. The highest BCUT2D eigenvalue weighted by atomic mass is 127. The van der Waals surface area contributed by atoms with Gasteiger partial charge >= 0.3 is 0 Å². The molecule has 1 aromatic carbocycles. The lowest BCUT2D eigenvalue weighted by atomic mass is 10.0. The predicted molar refractivity (Wildman–Crippen MR) is 113 cm³/mol. The summed E-state index contributed by atoms with van der Waals surface area (Å²) in [6.45, 7) is 14.0. The first-order valence-corrected chi connectivity index (χ1v) is 13.1. The van der Waals surface area contributed by atoms with Crippen LogP contribution in [0.1, 0.15) is 52.5 Å². The largest absolute Gasteiger partial charge is 0.299 e. The summed E-state index contributed by atoms with van der Waals surface area (Å²) in [5, 5.41) is 0.243. The second kappa shape index (κ2) is 8.79. The maximum Gasteiger partial charge on any atom is 0.146 e. The fourth-order valence-electron chi connectivity index (χ4n) is 2.95. The zero-order valence-corrected chi connectivity index (χ0v) is 18.8. The second-order valence-corrected chi connectivity index (χ2v) is 15.4. The Morgan fingerprint density at radius 1 is 1.13 bits per heavy atom. The van der Waals surface area contributed by atoms with Gasteiger partial charge in [-0.25, -0.2) is 0 Å². The highest BCUT2D eigenvalue weighted by Gasteiger charge is 2.46. The van der Waals surface area contributed by atoms with Gasteiger partial charge in [-0.3, -0.25) is 4.79 Å². The van der Waals surface area contributed by atoms with Gasteiger partial charge in [-0.2, -0.15) is 0 Å². The Morgan fingerprint density at radius 2 is 1.70 bits per heavy atom. The number of halogens is 1. The fourth-order valence-corrected chi connectivity index (χ4v) is 7.17. The molecular weight excluding hydrogens is 411 g/mol. The molecule has 0 fully saturated rings. The Hall–Kier alpha value is -0.163. The van der Waals surface area contributed by atoms with Crippen molar-refractivity contribution in [2.45, 2.75) is 81.0 Å². The molecule has 0 radical (unpaired) electrons. The van der Waals surface area contributed by atoms with Crippen LogP contribution in [0.3, 0.4) is 0 Å². The van der Waals surface area contributed by atoms with Crippen molar-refractivity contribution in [1.29, 1.82) is 0 Å². The molecule has 0 N–H and O–H groups in total. The predicted octanol–water partition coefficient (Wildman–Crippen LogP) is 6.67. The summed E-state index contributed by atoms with van der Waals surface area (Å²) in [6.07, 6.45) is 4.11. The smallest absolute Gasteiger partial charge is 0.146 e. The molecule has 0 heterocycles. The van der Waals surface area contributed by atoms with E-state index in [4.69, 9.17) is 0 Å². The molecule has 1 aromatic rings. The van der Waals surface area contributed by atoms with Crippen LogP contribution in [0.2, 0.25) is 23.7 Å². The highest BCUT2D eigenvalue weighted by Crippen LogP contribution is 2.46. The van der Waals surface area contributed by atoms with Crippen molar-refractivity contribution in [2.75, 3.05) is 0 Å².